The SMILES string of the molecule is Cn1ccnc1CCSc1cc(Br)ccc1N. The van der Waals surface area contributed by atoms with E-state index in [1.165, 1.54) is 0 Å². The Hall–Kier alpha value is -0.940. The largest absolute Gasteiger partial charge is 0.398 e. The molecule has 0 unspecified atom stereocenters. The summed E-state index contributed by atoms with van der Waals surface area (Å²) in [5.74, 6) is 2.08. The second-order valence-electron chi connectivity index (χ2n) is 3.73. The number of halogens is 1. The van der Waals surface area contributed by atoms with Crippen LogP contribution in [0, 0.1) is 0 Å². The van der Waals surface area contributed by atoms with Crippen molar-refractivity contribution < 1.29 is 0 Å². The number of nitrogens with zero attached hydrogens (tertiary/aromatic N) is 2. The van der Waals surface area contributed by atoms with E-state index in [2.05, 4.69) is 27.0 Å². The summed E-state index contributed by atoms with van der Waals surface area (Å²) in [6.45, 7) is 0. The molecule has 1 heterocycles. The Morgan fingerprint density at radius 1 is 1.47 bits per heavy atom. The summed E-state index contributed by atoms with van der Waals surface area (Å²) >= 11 is 5.21. The molecule has 5 heteroatoms. The second kappa shape index (κ2) is 5.60. The van der Waals surface area contributed by atoms with Crippen molar-refractivity contribution in [1.82, 2.24) is 9.55 Å². The fourth-order valence-electron chi connectivity index (χ4n) is 1.52. The molecule has 1 aromatic carbocycles. The summed E-state index contributed by atoms with van der Waals surface area (Å²) in [4.78, 5) is 5.42. The lowest BCUT2D eigenvalue weighted by Gasteiger charge is -2.06. The molecule has 3 nitrogen and oxygen atoms in total. The van der Waals surface area contributed by atoms with E-state index in [0.29, 0.717) is 0 Å². The Morgan fingerprint density at radius 2 is 2.29 bits per heavy atom. The monoisotopic (exact) mass is 311 g/mol. The van der Waals surface area contributed by atoms with Crippen LogP contribution in [-0.4, -0.2) is 15.3 Å². The number of hydrogen-bond donors (Lipinski definition) is 1. The van der Waals surface area contributed by atoms with E-state index in [1.54, 1.807) is 11.8 Å². The number of anilines is 1. The number of aryl methyl sites for hydroxylation is 2. The van der Waals surface area contributed by atoms with Gasteiger partial charge in [0.1, 0.15) is 5.82 Å². The Kier molecular flexibility index (Phi) is 4.12. The van der Waals surface area contributed by atoms with Crippen LogP contribution in [-0.2, 0) is 13.5 Å². The van der Waals surface area contributed by atoms with Crippen LogP contribution in [0.15, 0.2) is 40.0 Å². The predicted molar refractivity (Wildman–Crippen MR) is 76.2 cm³/mol. The third kappa shape index (κ3) is 3.26. The van der Waals surface area contributed by atoms with Crippen molar-refractivity contribution in [3.05, 3.63) is 40.9 Å². The summed E-state index contributed by atoms with van der Waals surface area (Å²) in [6, 6.07) is 5.93. The molecule has 0 fully saturated rings. The average molecular weight is 312 g/mol. The van der Waals surface area contributed by atoms with Gasteiger partial charge in [0.25, 0.3) is 0 Å². The summed E-state index contributed by atoms with van der Waals surface area (Å²) in [7, 11) is 2.01. The first-order valence-electron chi connectivity index (χ1n) is 5.31. The molecule has 0 radical (unpaired) electrons. The number of hydrogen-bond acceptors (Lipinski definition) is 3. The number of aromatic nitrogens is 2. The summed E-state index contributed by atoms with van der Waals surface area (Å²) < 4.78 is 3.11. The smallest absolute Gasteiger partial charge is 0.109 e. The highest BCUT2D eigenvalue weighted by Gasteiger charge is 2.03. The Morgan fingerprint density at radius 3 is 3.00 bits per heavy atom. The molecule has 0 spiro atoms. The lowest BCUT2D eigenvalue weighted by atomic mass is 10.3. The molecule has 2 rings (SSSR count). The van der Waals surface area contributed by atoms with Gasteiger partial charge in [0.15, 0.2) is 0 Å². The molecule has 90 valence electrons. The van der Waals surface area contributed by atoms with Crippen molar-refractivity contribution in [2.75, 3.05) is 11.5 Å². The molecule has 0 bridgehead atoms. The number of imidazole rings is 1. The van der Waals surface area contributed by atoms with E-state index in [0.717, 1.165) is 33.1 Å². The molecule has 0 atom stereocenters. The predicted octanol–water partition coefficient (Wildman–Crippen LogP) is 3.10. The molecule has 17 heavy (non-hydrogen) atoms. The van der Waals surface area contributed by atoms with Crippen LogP contribution in [0.4, 0.5) is 5.69 Å². The van der Waals surface area contributed by atoms with Crippen molar-refractivity contribution in [1.29, 1.82) is 0 Å². The van der Waals surface area contributed by atoms with Gasteiger partial charge in [-0.2, -0.15) is 0 Å². The van der Waals surface area contributed by atoms with Crippen molar-refractivity contribution in [2.45, 2.75) is 11.3 Å². The summed E-state index contributed by atoms with van der Waals surface area (Å²) in [5.41, 5.74) is 6.75. The third-order valence-corrected chi connectivity index (χ3v) is 4.05. The minimum absolute atomic E-state index is 0.832. The van der Waals surface area contributed by atoms with Crippen molar-refractivity contribution in [3.63, 3.8) is 0 Å². The van der Waals surface area contributed by atoms with E-state index in [4.69, 9.17) is 5.73 Å². The van der Waals surface area contributed by atoms with Crippen LogP contribution in [0.25, 0.3) is 0 Å². The van der Waals surface area contributed by atoms with Crippen molar-refractivity contribution in [3.8, 4) is 0 Å². The van der Waals surface area contributed by atoms with Gasteiger partial charge >= 0.3 is 0 Å². The molecular weight excluding hydrogens is 298 g/mol. The van der Waals surface area contributed by atoms with Gasteiger partial charge in [-0.15, -0.1) is 11.8 Å². The molecule has 0 saturated heterocycles. The topological polar surface area (TPSA) is 43.8 Å². The van der Waals surface area contributed by atoms with Crippen LogP contribution < -0.4 is 5.73 Å². The molecule has 1 aromatic heterocycles. The Labute approximate surface area is 114 Å². The second-order valence-corrected chi connectivity index (χ2v) is 5.79. The first kappa shape index (κ1) is 12.5. The maximum absolute atomic E-state index is 5.92. The van der Waals surface area contributed by atoms with E-state index in [-0.39, 0.29) is 0 Å². The molecule has 0 aliphatic rings. The molecule has 2 aromatic rings. The number of nitrogens with two attached hydrogens (primary N) is 1. The first-order valence-corrected chi connectivity index (χ1v) is 7.08. The number of nitrogen functional groups attached to an aromatic ring is 1. The quantitative estimate of drug-likeness (QED) is 0.697. The van der Waals surface area contributed by atoms with E-state index < -0.39 is 0 Å². The molecule has 0 amide bonds. The maximum Gasteiger partial charge on any atom is 0.109 e. The fourth-order valence-corrected chi connectivity index (χ4v) is 2.99. The molecular formula is C12H14BrN3S. The lowest BCUT2D eigenvalue weighted by molar-refractivity contribution is 0.811. The zero-order valence-electron chi connectivity index (χ0n) is 9.56. The van der Waals surface area contributed by atoms with Crippen LogP contribution in [0.5, 0.6) is 0 Å². The van der Waals surface area contributed by atoms with Crippen molar-refractivity contribution >= 4 is 33.4 Å². The third-order valence-electron chi connectivity index (χ3n) is 2.48. The normalized spacial score (nSPS) is 10.7. The highest BCUT2D eigenvalue weighted by molar-refractivity contribution is 9.10. The van der Waals surface area contributed by atoms with Crippen molar-refractivity contribution in [2.24, 2.45) is 7.05 Å². The maximum atomic E-state index is 5.92. The molecule has 0 saturated carbocycles. The Balaban J connectivity index is 1.94. The first-order chi connectivity index (χ1) is 8.16. The van der Waals surface area contributed by atoms with Crippen LogP contribution in [0.1, 0.15) is 5.82 Å². The number of rotatable bonds is 4. The van der Waals surface area contributed by atoms with Gasteiger partial charge < -0.3 is 10.3 Å². The number of benzene rings is 1. The van der Waals surface area contributed by atoms with Gasteiger partial charge in [-0.3, -0.25) is 0 Å². The Bertz CT molecular complexity index is 510. The highest BCUT2D eigenvalue weighted by Crippen LogP contribution is 2.28. The minimum Gasteiger partial charge on any atom is -0.398 e. The average Bonchev–Trinajstić information content (AvgIpc) is 2.70. The highest BCUT2D eigenvalue weighted by atomic mass is 79.9. The van der Waals surface area contributed by atoms with Gasteiger partial charge in [0, 0.05) is 46.7 Å². The van der Waals surface area contributed by atoms with E-state index in [9.17, 15) is 0 Å². The fraction of sp³-hybridized carbons (Fsp3) is 0.250. The number of thioether (sulfide) groups is 1. The van der Waals surface area contributed by atoms with Gasteiger partial charge in [-0.25, -0.2) is 4.98 Å². The zero-order valence-corrected chi connectivity index (χ0v) is 12.0. The summed E-state index contributed by atoms with van der Waals surface area (Å²) in [6.07, 6.45) is 4.74. The van der Waals surface area contributed by atoms with Gasteiger partial charge in [0.05, 0.1) is 0 Å². The standard InChI is InChI=1S/C12H14BrN3S/c1-16-6-5-15-12(16)4-7-17-11-8-9(13)2-3-10(11)14/h2-3,5-6,8H,4,7,14H2,1H3. The molecule has 2 N–H and O–H groups in total. The van der Waals surface area contributed by atoms with E-state index in [1.807, 2.05) is 36.1 Å². The van der Waals surface area contributed by atoms with Crippen LogP contribution >= 0.6 is 27.7 Å². The van der Waals surface area contributed by atoms with Gasteiger partial charge in [-0.05, 0) is 18.2 Å². The van der Waals surface area contributed by atoms with Crippen LogP contribution in [0.3, 0.4) is 0 Å². The van der Waals surface area contributed by atoms with Gasteiger partial charge in [0.2, 0.25) is 0 Å². The molecule has 0 aliphatic carbocycles. The van der Waals surface area contributed by atoms with E-state index >= 15 is 0 Å². The van der Waals surface area contributed by atoms with Gasteiger partial charge in [-0.1, -0.05) is 15.9 Å². The zero-order chi connectivity index (χ0) is 12.3. The summed E-state index contributed by atoms with van der Waals surface area (Å²) in [5, 5.41) is 0. The van der Waals surface area contributed by atoms with Crippen LogP contribution in [0.2, 0.25) is 0 Å². The lowest BCUT2D eigenvalue weighted by Crippen LogP contribution is -1.99. The molecule has 0 aliphatic heterocycles. The minimum atomic E-state index is 0.832.